The van der Waals surface area contributed by atoms with Crippen molar-refractivity contribution in [3.8, 4) is 0 Å². The minimum atomic E-state index is -0.458. The fourth-order valence-electron chi connectivity index (χ4n) is 3.19. The molecule has 29 heavy (non-hydrogen) atoms. The number of carbonyl (C=O) groups excluding carboxylic acids is 2. The molecule has 4 heteroatoms. The van der Waals surface area contributed by atoms with E-state index in [-0.39, 0.29) is 17.2 Å². The van der Waals surface area contributed by atoms with Crippen LogP contribution in [0.4, 0.5) is 0 Å². The molecule has 0 aromatic heterocycles. The molecule has 0 heterocycles. The molecule has 0 saturated heterocycles. The van der Waals surface area contributed by atoms with Crippen molar-refractivity contribution < 1.29 is 19.1 Å². The third kappa shape index (κ3) is 11.1. The van der Waals surface area contributed by atoms with Gasteiger partial charge in [-0.05, 0) is 44.2 Å². The molecule has 4 nitrogen and oxygen atoms in total. The normalized spacial score (nSPS) is 12.0. The lowest BCUT2D eigenvalue weighted by Gasteiger charge is -2.15. The molecule has 0 saturated carbocycles. The number of carbonyl (C=O) groups is 2. The van der Waals surface area contributed by atoms with Crippen LogP contribution in [0.2, 0.25) is 0 Å². The summed E-state index contributed by atoms with van der Waals surface area (Å²) >= 11 is 0. The van der Waals surface area contributed by atoms with Gasteiger partial charge < -0.3 is 9.47 Å². The van der Waals surface area contributed by atoms with Crippen molar-refractivity contribution in [3.05, 3.63) is 35.4 Å². The molecular formula is C25H40O4. The lowest BCUT2D eigenvalue weighted by molar-refractivity contribution is 0.0302. The van der Waals surface area contributed by atoms with Crippen LogP contribution in [-0.2, 0) is 9.47 Å². The zero-order valence-corrected chi connectivity index (χ0v) is 18.9. The molecule has 164 valence electrons. The molecule has 0 amide bonds. The third-order valence-corrected chi connectivity index (χ3v) is 5.06. The van der Waals surface area contributed by atoms with Gasteiger partial charge in [0, 0.05) is 0 Å². The summed E-state index contributed by atoms with van der Waals surface area (Å²) in [7, 11) is 0. The average Bonchev–Trinajstić information content (AvgIpc) is 2.70. The number of unbranched alkanes of at least 4 members (excludes halogenated alkanes) is 7. The van der Waals surface area contributed by atoms with E-state index in [1.807, 2.05) is 6.92 Å². The standard InChI is InChI=1S/C25H40O4/c1-5-6-7-8-9-10-11-14-19-28-24(26)22-15-12-13-16-23(22)25(27)29-21(4)18-17-20(2)3/h12-13,15-16,20-21H,5-11,14,17-19H2,1-4H3. The summed E-state index contributed by atoms with van der Waals surface area (Å²) in [5, 5.41) is 0. The first-order chi connectivity index (χ1) is 14.0. The summed E-state index contributed by atoms with van der Waals surface area (Å²) in [6.45, 7) is 8.80. The minimum Gasteiger partial charge on any atom is -0.462 e. The van der Waals surface area contributed by atoms with E-state index >= 15 is 0 Å². The minimum absolute atomic E-state index is 0.175. The lowest BCUT2D eigenvalue weighted by atomic mass is 10.1. The predicted octanol–water partition coefficient (Wildman–Crippen LogP) is 6.97. The van der Waals surface area contributed by atoms with Gasteiger partial charge in [0.15, 0.2) is 0 Å². The van der Waals surface area contributed by atoms with Gasteiger partial charge in [0.25, 0.3) is 0 Å². The van der Waals surface area contributed by atoms with Crippen LogP contribution in [0.25, 0.3) is 0 Å². The smallest absolute Gasteiger partial charge is 0.339 e. The molecule has 0 radical (unpaired) electrons. The van der Waals surface area contributed by atoms with Gasteiger partial charge in [0.2, 0.25) is 0 Å². The van der Waals surface area contributed by atoms with Crippen LogP contribution in [0, 0.1) is 5.92 Å². The van der Waals surface area contributed by atoms with Crippen LogP contribution < -0.4 is 0 Å². The highest BCUT2D eigenvalue weighted by Gasteiger charge is 2.20. The SMILES string of the molecule is CCCCCCCCCCOC(=O)c1ccccc1C(=O)OC(C)CCC(C)C. The van der Waals surface area contributed by atoms with Crippen molar-refractivity contribution >= 4 is 11.9 Å². The molecule has 0 N–H and O–H groups in total. The first-order valence-electron chi connectivity index (χ1n) is 11.4. The molecule has 0 bridgehead atoms. The summed E-state index contributed by atoms with van der Waals surface area (Å²) in [4.78, 5) is 25.0. The summed E-state index contributed by atoms with van der Waals surface area (Å²) in [5.74, 6) is -0.342. The zero-order chi connectivity index (χ0) is 21.5. The van der Waals surface area contributed by atoms with Gasteiger partial charge in [0.1, 0.15) is 0 Å². The van der Waals surface area contributed by atoms with Crippen molar-refractivity contribution in [1.29, 1.82) is 0 Å². The van der Waals surface area contributed by atoms with Gasteiger partial charge in [-0.2, -0.15) is 0 Å². The van der Waals surface area contributed by atoms with Gasteiger partial charge in [-0.15, -0.1) is 0 Å². The van der Waals surface area contributed by atoms with Crippen LogP contribution in [-0.4, -0.2) is 24.6 Å². The van der Waals surface area contributed by atoms with Crippen LogP contribution >= 0.6 is 0 Å². The Bertz CT molecular complexity index is 594. The Kier molecular flexibility index (Phi) is 13.1. The average molecular weight is 405 g/mol. The Morgan fingerprint density at radius 1 is 0.793 bits per heavy atom. The Labute approximate surface area is 177 Å². The van der Waals surface area contributed by atoms with Gasteiger partial charge in [0.05, 0.1) is 23.8 Å². The van der Waals surface area contributed by atoms with Gasteiger partial charge in [-0.3, -0.25) is 0 Å². The first kappa shape index (κ1) is 25.2. The summed E-state index contributed by atoms with van der Waals surface area (Å²) in [5.41, 5.74) is 0.568. The Balaban J connectivity index is 2.41. The molecule has 1 atom stereocenters. The number of esters is 2. The van der Waals surface area contributed by atoms with Gasteiger partial charge >= 0.3 is 11.9 Å². The molecule has 0 aliphatic carbocycles. The molecule has 0 fully saturated rings. The number of ether oxygens (including phenoxy) is 2. The molecule has 1 aromatic carbocycles. The highest BCUT2D eigenvalue weighted by Crippen LogP contribution is 2.16. The Morgan fingerprint density at radius 3 is 1.93 bits per heavy atom. The number of rotatable bonds is 15. The number of hydrogen-bond donors (Lipinski definition) is 0. The van der Waals surface area contributed by atoms with Gasteiger partial charge in [-0.25, -0.2) is 9.59 Å². The highest BCUT2D eigenvalue weighted by molar-refractivity contribution is 6.03. The van der Waals surface area contributed by atoms with E-state index in [0.717, 1.165) is 25.7 Å². The molecule has 1 aromatic rings. The Hall–Kier alpha value is -1.84. The number of benzene rings is 1. The number of hydrogen-bond acceptors (Lipinski definition) is 4. The van der Waals surface area contributed by atoms with E-state index in [2.05, 4.69) is 20.8 Å². The molecule has 1 unspecified atom stereocenters. The molecule has 0 spiro atoms. The predicted molar refractivity (Wildman–Crippen MR) is 118 cm³/mol. The van der Waals surface area contributed by atoms with Crippen molar-refractivity contribution in [3.63, 3.8) is 0 Å². The zero-order valence-electron chi connectivity index (χ0n) is 18.9. The maximum atomic E-state index is 12.5. The van der Waals surface area contributed by atoms with Crippen molar-refractivity contribution in [2.75, 3.05) is 6.61 Å². The maximum Gasteiger partial charge on any atom is 0.339 e. The van der Waals surface area contributed by atoms with Gasteiger partial charge in [-0.1, -0.05) is 77.8 Å². The summed E-state index contributed by atoms with van der Waals surface area (Å²) in [6.07, 6.45) is 11.2. The molecule has 0 aliphatic rings. The molecular weight excluding hydrogens is 364 g/mol. The van der Waals surface area contributed by atoms with Crippen molar-refractivity contribution in [2.45, 2.75) is 98.0 Å². The van der Waals surface area contributed by atoms with Crippen molar-refractivity contribution in [1.82, 2.24) is 0 Å². The molecule has 1 rings (SSSR count). The van der Waals surface area contributed by atoms with Crippen LogP contribution in [0.1, 0.15) is 113 Å². The fraction of sp³-hybridized carbons (Fsp3) is 0.680. The summed E-state index contributed by atoms with van der Waals surface area (Å²) in [6, 6.07) is 6.74. The highest BCUT2D eigenvalue weighted by atomic mass is 16.5. The fourth-order valence-corrected chi connectivity index (χ4v) is 3.19. The Morgan fingerprint density at radius 2 is 1.34 bits per heavy atom. The molecule has 0 aliphatic heterocycles. The summed E-state index contributed by atoms with van der Waals surface area (Å²) < 4.78 is 10.9. The monoisotopic (exact) mass is 404 g/mol. The topological polar surface area (TPSA) is 52.6 Å². The van der Waals surface area contributed by atoms with E-state index in [4.69, 9.17) is 9.47 Å². The van der Waals surface area contributed by atoms with E-state index in [1.165, 1.54) is 38.5 Å². The van der Waals surface area contributed by atoms with E-state index in [9.17, 15) is 9.59 Å². The quantitative estimate of drug-likeness (QED) is 0.234. The second kappa shape index (κ2) is 15.1. The van der Waals surface area contributed by atoms with Crippen molar-refractivity contribution in [2.24, 2.45) is 5.92 Å². The van der Waals surface area contributed by atoms with Crippen LogP contribution in [0.15, 0.2) is 24.3 Å². The van der Waals surface area contributed by atoms with Crippen LogP contribution in [0.5, 0.6) is 0 Å². The van der Waals surface area contributed by atoms with E-state index < -0.39 is 11.9 Å². The maximum absolute atomic E-state index is 12.5. The van der Waals surface area contributed by atoms with E-state index in [1.54, 1.807) is 24.3 Å². The second-order valence-electron chi connectivity index (χ2n) is 8.34. The third-order valence-electron chi connectivity index (χ3n) is 5.06. The second-order valence-corrected chi connectivity index (χ2v) is 8.34. The first-order valence-corrected chi connectivity index (χ1v) is 11.4. The van der Waals surface area contributed by atoms with Crippen LogP contribution in [0.3, 0.4) is 0 Å². The lowest BCUT2D eigenvalue weighted by Crippen LogP contribution is -2.19. The largest absolute Gasteiger partial charge is 0.462 e. The van der Waals surface area contributed by atoms with E-state index in [0.29, 0.717) is 12.5 Å².